The molecule has 1 N–H and O–H groups in total. The van der Waals surface area contributed by atoms with Crippen LogP contribution in [0.4, 0.5) is 0 Å². The second kappa shape index (κ2) is 8.21. The van der Waals surface area contributed by atoms with E-state index < -0.39 is 6.10 Å². The van der Waals surface area contributed by atoms with E-state index in [4.69, 9.17) is 4.74 Å². The molecule has 1 atom stereocenters. The Kier molecular flexibility index (Phi) is 5.52. The van der Waals surface area contributed by atoms with E-state index >= 15 is 0 Å². The van der Waals surface area contributed by atoms with Crippen molar-refractivity contribution in [1.82, 2.24) is 19.6 Å². The molecule has 2 aromatic rings. The van der Waals surface area contributed by atoms with Crippen LogP contribution in [0.25, 0.3) is 0 Å². The molecule has 0 spiro atoms. The second-order valence-electron chi connectivity index (χ2n) is 7.12. The standard InChI is InChI=1S/C20H26N4O3/c25-19(6-7-22-10-12-27-13-11-22)23-8-9-24-17(15-23)14-18(21-24)20(26)16-4-2-1-3-5-16/h1-5,14,20,26H,6-13,15H2. The third-order valence-corrected chi connectivity index (χ3v) is 5.31. The largest absolute Gasteiger partial charge is 0.382 e. The number of hydrogen-bond donors (Lipinski definition) is 1. The summed E-state index contributed by atoms with van der Waals surface area (Å²) in [6.45, 7) is 5.98. The maximum atomic E-state index is 12.6. The monoisotopic (exact) mass is 370 g/mol. The van der Waals surface area contributed by atoms with Crippen LogP contribution < -0.4 is 0 Å². The summed E-state index contributed by atoms with van der Waals surface area (Å²) < 4.78 is 7.26. The summed E-state index contributed by atoms with van der Waals surface area (Å²) in [5.41, 5.74) is 2.44. The van der Waals surface area contributed by atoms with Crippen molar-refractivity contribution in [2.24, 2.45) is 0 Å². The first-order valence-corrected chi connectivity index (χ1v) is 9.58. The Morgan fingerprint density at radius 3 is 2.70 bits per heavy atom. The van der Waals surface area contributed by atoms with Crippen molar-refractivity contribution < 1.29 is 14.6 Å². The van der Waals surface area contributed by atoms with E-state index in [1.54, 1.807) is 0 Å². The molecule has 2 aliphatic rings. The Morgan fingerprint density at radius 2 is 1.93 bits per heavy atom. The second-order valence-corrected chi connectivity index (χ2v) is 7.12. The predicted octanol–water partition coefficient (Wildman–Crippen LogP) is 1.03. The number of fused-ring (bicyclic) bond motifs is 1. The summed E-state index contributed by atoms with van der Waals surface area (Å²) in [7, 11) is 0. The van der Waals surface area contributed by atoms with Crippen LogP contribution in [0.3, 0.4) is 0 Å². The molecule has 0 aliphatic carbocycles. The topological polar surface area (TPSA) is 70.8 Å². The molecular weight excluding hydrogens is 344 g/mol. The molecular formula is C20H26N4O3. The zero-order valence-electron chi connectivity index (χ0n) is 15.5. The normalized spacial score (nSPS) is 18.9. The molecule has 7 nitrogen and oxygen atoms in total. The van der Waals surface area contributed by atoms with Gasteiger partial charge < -0.3 is 14.7 Å². The number of rotatable bonds is 5. The van der Waals surface area contributed by atoms with Gasteiger partial charge in [-0.3, -0.25) is 14.4 Å². The Labute approximate surface area is 159 Å². The average Bonchev–Trinajstić information content (AvgIpc) is 3.16. The highest BCUT2D eigenvalue weighted by Crippen LogP contribution is 2.23. The summed E-state index contributed by atoms with van der Waals surface area (Å²) >= 11 is 0. The highest BCUT2D eigenvalue weighted by molar-refractivity contribution is 5.76. The van der Waals surface area contributed by atoms with E-state index in [0.717, 1.165) is 44.1 Å². The molecule has 0 radical (unpaired) electrons. The van der Waals surface area contributed by atoms with Crippen molar-refractivity contribution in [2.45, 2.75) is 25.6 Å². The Morgan fingerprint density at radius 1 is 1.15 bits per heavy atom. The van der Waals surface area contributed by atoms with Gasteiger partial charge in [-0.2, -0.15) is 5.10 Å². The first-order chi connectivity index (χ1) is 13.2. The number of aromatic nitrogens is 2. The maximum absolute atomic E-state index is 12.6. The summed E-state index contributed by atoms with van der Waals surface area (Å²) in [5.74, 6) is 0.180. The molecule has 27 heavy (non-hydrogen) atoms. The number of hydrogen-bond acceptors (Lipinski definition) is 5. The van der Waals surface area contributed by atoms with Gasteiger partial charge in [0.15, 0.2) is 0 Å². The van der Waals surface area contributed by atoms with Crippen molar-refractivity contribution in [3.8, 4) is 0 Å². The van der Waals surface area contributed by atoms with Crippen LogP contribution in [0.2, 0.25) is 0 Å². The van der Waals surface area contributed by atoms with Crippen LogP contribution in [0.1, 0.15) is 29.5 Å². The van der Waals surface area contributed by atoms with Gasteiger partial charge >= 0.3 is 0 Å². The molecule has 1 aromatic heterocycles. The van der Waals surface area contributed by atoms with Crippen LogP contribution in [-0.2, 0) is 22.6 Å². The zero-order chi connectivity index (χ0) is 18.6. The highest BCUT2D eigenvalue weighted by atomic mass is 16.5. The van der Waals surface area contributed by atoms with Gasteiger partial charge in [0.25, 0.3) is 0 Å². The van der Waals surface area contributed by atoms with E-state index in [0.29, 0.717) is 31.7 Å². The number of aliphatic hydroxyl groups excluding tert-OH is 1. The van der Waals surface area contributed by atoms with Crippen LogP contribution >= 0.6 is 0 Å². The summed E-state index contributed by atoms with van der Waals surface area (Å²) in [4.78, 5) is 16.8. The van der Waals surface area contributed by atoms with Gasteiger partial charge in [0.2, 0.25) is 5.91 Å². The Bertz CT molecular complexity index is 771. The molecule has 4 rings (SSSR count). The molecule has 2 aliphatic heterocycles. The first kappa shape index (κ1) is 18.2. The number of carbonyl (C=O) groups excluding carboxylic acids is 1. The lowest BCUT2D eigenvalue weighted by Crippen LogP contribution is -2.42. The molecule has 144 valence electrons. The molecule has 0 saturated carbocycles. The fourth-order valence-electron chi connectivity index (χ4n) is 3.68. The van der Waals surface area contributed by atoms with Crippen LogP contribution in [-0.4, -0.2) is 70.0 Å². The zero-order valence-corrected chi connectivity index (χ0v) is 15.5. The van der Waals surface area contributed by atoms with E-state index in [2.05, 4.69) is 10.00 Å². The Hall–Kier alpha value is -2.22. The van der Waals surface area contributed by atoms with E-state index in [1.807, 2.05) is 46.0 Å². The molecule has 1 saturated heterocycles. The average molecular weight is 370 g/mol. The molecule has 3 heterocycles. The molecule has 1 fully saturated rings. The summed E-state index contributed by atoms with van der Waals surface area (Å²) in [6, 6.07) is 11.4. The van der Waals surface area contributed by atoms with E-state index in [9.17, 15) is 9.90 Å². The summed E-state index contributed by atoms with van der Waals surface area (Å²) in [6.07, 6.45) is -0.206. The van der Waals surface area contributed by atoms with Gasteiger partial charge in [-0.05, 0) is 11.6 Å². The fraction of sp³-hybridized carbons (Fsp3) is 0.500. The number of carbonyl (C=O) groups is 1. The quantitative estimate of drug-likeness (QED) is 0.851. The van der Waals surface area contributed by atoms with Crippen molar-refractivity contribution in [2.75, 3.05) is 39.4 Å². The highest BCUT2D eigenvalue weighted by Gasteiger charge is 2.25. The van der Waals surface area contributed by atoms with Crippen molar-refractivity contribution >= 4 is 5.91 Å². The van der Waals surface area contributed by atoms with Crippen LogP contribution in [0.5, 0.6) is 0 Å². The number of aliphatic hydroxyl groups is 1. The van der Waals surface area contributed by atoms with Gasteiger partial charge in [0.1, 0.15) is 6.10 Å². The van der Waals surface area contributed by atoms with E-state index in [-0.39, 0.29) is 5.91 Å². The minimum Gasteiger partial charge on any atom is -0.382 e. The molecule has 1 amide bonds. The minimum atomic E-state index is -0.741. The fourth-order valence-corrected chi connectivity index (χ4v) is 3.68. The molecule has 1 unspecified atom stereocenters. The molecule has 7 heteroatoms. The summed E-state index contributed by atoms with van der Waals surface area (Å²) in [5, 5.41) is 15.1. The molecule has 1 aromatic carbocycles. The number of amides is 1. The van der Waals surface area contributed by atoms with Gasteiger partial charge in [-0.25, -0.2) is 0 Å². The minimum absolute atomic E-state index is 0.180. The lowest BCUT2D eigenvalue weighted by atomic mass is 10.1. The Balaban J connectivity index is 1.36. The number of benzene rings is 1. The predicted molar refractivity (Wildman–Crippen MR) is 100 cm³/mol. The van der Waals surface area contributed by atoms with E-state index in [1.165, 1.54) is 0 Å². The third-order valence-electron chi connectivity index (χ3n) is 5.31. The maximum Gasteiger partial charge on any atom is 0.224 e. The lowest BCUT2D eigenvalue weighted by molar-refractivity contribution is -0.133. The van der Waals surface area contributed by atoms with Gasteiger partial charge in [-0.1, -0.05) is 30.3 Å². The van der Waals surface area contributed by atoms with Crippen LogP contribution in [0.15, 0.2) is 36.4 Å². The number of nitrogens with zero attached hydrogens (tertiary/aromatic N) is 4. The lowest BCUT2D eigenvalue weighted by Gasteiger charge is -2.30. The van der Waals surface area contributed by atoms with Gasteiger partial charge in [-0.15, -0.1) is 0 Å². The first-order valence-electron chi connectivity index (χ1n) is 9.58. The molecule has 0 bridgehead atoms. The smallest absolute Gasteiger partial charge is 0.224 e. The van der Waals surface area contributed by atoms with Crippen LogP contribution in [0, 0.1) is 0 Å². The van der Waals surface area contributed by atoms with Gasteiger partial charge in [0.05, 0.1) is 37.7 Å². The van der Waals surface area contributed by atoms with Gasteiger partial charge in [0, 0.05) is 32.6 Å². The van der Waals surface area contributed by atoms with Crippen molar-refractivity contribution in [3.05, 3.63) is 53.3 Å². The number of ether oxygens (including phenoxy) is 1. The third kappa shape index (κ3) is 4.21. The SMILES string of the molecule is O=C(CCN1CCOCC1)N1CCn2nc(C(O)c3ccccc3)cc2C1. The van der Waals surface area contributed by atoms with Crippen molar-refractivity contribution in [3.63, 3.8) is 0 Å². The van der Waals surface area contributed by atoms with Crippen molar-refractivity contribution in [1.29, 1.82) is 0 Å². The number of morpholine rings is 1.